The van der Waals surface area contributed by atoms with Crippen LogP contribution in [0, 0.1) is 17.5 Å². The number of aromatic nitrogens is 2. The van der Waals surface area contributed by atoms with E-state index in [0.717, 1.165) is 11.6 Å². The molecule has 2 N–H and O–H groups in total. The minimum absolute atomic E-state index is 0.0500. The van der Waals surface area contributed by atoms with Crippen molar-refractivity contribution in [1.82, 2.24) is 15.5 Å². The van der Waals surface area contributed by atoms with Gasteiger partial charge in [-0.1, -0.05) is 28.9 Å². The monoisotopic (exact) mass is 509 g/mol. The fraction of sp³-hybridized carbons (Fsp3) is 0.111. The van der Waals surface area contributed by atoms with Crippen molar-refractivity contribution in [3.63, 3.8) is 0 Å². The number of amides is 1. The lowest BCUT2D eigenvalue weighted by Gasteiger charge is -2.18. The Kier molecular flexibility index (Phi) is 6.52. The largest absolute Gasteiger partial charge is 0.364 e. The van der Waals surface area contributed by atoms with Gasteiger partial charge in [-0.15, -0.1) is 0 Å². The number of nitrogens with zero attached hydrogens (tertiary/aromatic N) is 1. The Labute approximate surface area is 208 Å². The lowest BCUT2D eigenvalue weighted by atomic mass is 9.97. The molecule has 0 fully saturated rings. The average molecular weight is 510 g/mol. The van der Waals surface area contributed by atoms with E-state index in [2.05, 4.69) is 15.5 Å². The highest BCUT2D eigenvalue weighted by molar-refractivity contribution is 6.30. The molecule has 5 rings (SSSR count). The predicted molar refractivity (Wildman–Crippen MR) is 130 cm³/mol. The van der Waals surface area contributed by atoms with Crippen LogP contribution in [0.2, 0.25) is 5.02 Å². The maximum absolute atomic E-state index is 13.9. The summed E-state index contributed by atoms with van der Waals surface area (Å²) in [5.74, 6) is -2.25. The van der Waals surface area contributed by atoms with Crippen LogP contribution in [0.4, 0.5) is 13.2 Å². The molecule has 5 aromatic rings. The standard InChI is InChI=1S/C27H19ClF3N3O2/c28-18-3-1-16(2-4-18)23-14-36-34-27(23)25(9-15-7-20(30)11-21(31)8-15)33-26(35)10-17-13-32-24-6-5-19(29)12-22(17)24/h1-8,11-14,25,32H,9-10H2,(H,33,35). The minimum atomic E-state index is -0.773. The van der Waals surface area contributed by atoms with Crippen LogP contribution in [0.5, 0.6) is 0 Å². The first-order valence-electron chi connectivity index (χ1n) is 11.1. The summed E-state index contributed by atoms with van der Waals surface area (Å²) in [5.41, 5.74) is 3.37. The van der Waals surface area contributed by atoms with Crippen LogP contribution >= 0.6 is 11.6 Å². The summed E-state index contributed by atoms with van der Waals surface area (Å²) in [5, 5.41) is 8.15. The van der Waals surface area contributed by atoms with E-state index in [-0.39, 0.29) is 18.7 Å². The molecule has 0 aliphatic carbocycles. The summed E-state index contributed by atoms with van der Waals surface area (Å²) in [6.45, 7) is 0. The number of aromatic amines is 1. The highest BCUT2D eigenvalue weighted by atomic mass is 35.5. The number of hydrogen-bond donors (Lipinski definition) is 2. The van der Waals surface area contributed by atoms with Crippen molar-refractivity contribution in [1.29, 1.82) is 0 Å². The smallest absolute Gasteiger partial charge is 0.225 e. The van der Waals surface area contributed by atoms with Crippen LogP contribution < -0.4 is 5.32 Å². The van der Waals surface area contributed by atoms with Crippen molar-refractivity contribution in [3.05, 3.63) is 112 Å². The first kappa shape index (κ1) is 23.7. The molecular formula is C27H19ClF3N3O2. The Morgan fingerprint density at radius 2 is 1.75 bits per heavy atom. The van der Waals surface area contributed by atoms with Crippen LogP contribution in [-0.2, 0) is 17.6 Å². The van der Waals surface area contributed by atoms with Gasteiger partial charge in [0, 0.05) is 33.8 Å². The zero-order valence-electron chi connectivity index (χ0n) is 18.7. The number of H-pyrrole nitrogens is 1. The van der Waals surface area contributed by atoms with E-state index in [1.54, 1.807) is 36.5 Å². The highest BCUT2D eigenvalue weighted by Gasteiger charge is 2.24. The first-order valence-corrected chi connectivity index (χ1v) is 11.4. The van der Waals surface area contributed by atoms with Gasteiger partial charge in [-0.3, -0.25) is 4.79 Å². The Hall–Kier alpha value is -4.04. The Morgan fingerprint density at radius 1 is 1.00 bits per heavy atom. The SMILES string of the molecule is O=C(Cc1c[nH]c2ccc(F)cc12)NC(Cc1cc(F)cc(F)c1)c1nocc1-c1ccc(Cl)cc1. The number of hydrogen-bond acceptors (Lipinski definition) is 3. The van der Waals surface area contributed by atoms with Crippen molar-refractivity contribution in [3.8, 4) is 11.1 Å². The van der Waals surface area contributed by atoms with E-state index >= 15 is 0 Å². The van der Waals surface area contributed by atoms with E-state index in [0.29, 0.717) is 38.3 Å². The van der Waals surface area contributed by atoms with Gasteiger partial charge in [0.05, 0.1) is 12.5 Å². The van der Waals surface area contributed by atoms with Crippen LogP contribution in [0.25, 0.3) is 22.0 Å². The molecule has 3 aromatic carbocycles. The molecule has 9 heteroatoms. The molecule has 182 valence electrons. The van der Waals surface area contributed by atoms with Crippen LogP contribution in [0.15, 0.2) is 77.6 Å². The topological polar surface area (TPSA) is 70.9 Å². The van der Waals surface area contributed by atoms with Gasteiger partial charge in [-0.05, 0) is 65.6 Å². The van der Waals surface area contributed by atoms with Gasteiger partial charge >= 0.3 is 0 Å². The summed E-state index contributed by atoms with van der Waals surface area (Å²) in [6.07, 6.45) is 3.09. The van der Waals surface area contributed by atoms with Gasteiger partial charge in [0.15, 0.2) is 0 Å². The van der Waals surface area contributed by atoms with Gasteiger partial charge in [-0.25, -0.2) is 13.2 Å². The van der Waals surface area contributed by atoms with E-state index in [1.807, 2.05) is 0 Å². The fourth-order valence-corrected chi connectivity index (χ4v) is 4.36. The summed E-state index contributed by atoms with van der Waals surface area (Å²) in [7, 11) is 0. The average Bonchev–Trinajstić information content (AvgIpc) is 3.46. The summed E-state index contributed by atoms with van der Waals surface area (Å²) in [6, 6.07) is 13.7. The van der Waals surface area contributed by atoms with E-state index in [4.69, 9.17) is 16.1 Å². The number of fused-ring (bicyclic) bond motifs is 1. The number of rotatable bonds is 7. The second-order valence-corrected chi connectivity index (χ2v) is 8.84. The van der Waals surface area contributed by atoms with Gasteiger partial charge in [0.1, 0.15) is 29.4 Å². The van der Waals surface area contributed by atoms with Crippen molar-refractivity contribution >= 4 is 28.4 Å². The summed E-state index contributed by atoms with van der Waals surface area (Å²) in [4.78, 5) is 16.1. The zero-order chi connectivity index (χ0) is 25.2. The highest BCUT2D eigenvalue weighted by Crippen LogP contribution is 2.31. The number of halogens is 4. The van der Waals surface area contributed by atoms with Crippen molar-refractivity contribution in [2.24, 2.45) is 0 Å². The molecule has 0 saturated heterocycles. The first-order chi connectivity index (χ1) is 17.4. The molecule has 0 spiro atoms. The maximum Gasteiger partial charge on any atom is 0.225 e. The van der Waals surface area contributed by atoms with Gasteiger partial charge in [-0.2, -0.15) is 0 Å². The third-order valence-electron chi connectivity index (χ3n) is 5.86. The van der Waals surface area contributed by atoms with Crippen molar-refractivity contribution in [2.75, 3.05) is 0 Å². The lowest BCUT2D eigenvalue weighted by Crippen LogP contribution is -2.31. The molecule has 2 heterocycles. The number of benzene rings is 3. The number of nitrogens with one attached hydrogen (secondary N) is 2. The van der Waals surface area contributed by atoms with Crippen LogP contribution in [-0.4, -0.2) is 16.0 Å². The van der Waals surface area contributed by atoms with Crippen LogP contribution in [0.1, 0.15) is 22.9 Å². The minimum Gasteiger partial charge on any atom is -0.364 e. The summed E-state index contributed by atoms with van der Waals surface area (Å²) < 4.78 is 46.8. The normalized spacial score (nSPS) is 12.1. The Bertz CT molecular complexity index is 1530. The molecule has 0 bridgehead atoms. The third-order valence-corrected chi connectivity index (χ3v) is 6.11. The number of carbonyl (C=O) groups is 1. The van der Waals surface area contributed by atoms with Gasteiger partial charge in [0.25, 0.3) is 0 Å². The van der Waals surface area contributed by atoms with Gasteiger partial charge < -0.3 is 14.8 Å². The molecule has 5 nitrogen and oxygen atoms in total. The molecule has 1 amide bonds. The van der Waals surface area contributed by atoms with E-state index in [9.17, 15) is 18.0 Å². The predicted octanol–water partition coefficient (Wildman–Crippen LogP) is 6.54. The lowest BCUT2D eigenvalue weighted by molar-refractivity contribution is -0.121. The number of carbonyl (C=O) groups excluding carboxylic acids is 1. The van der Waals surface area contributed by atoms with Gasteiger partial charge in [0.2, 0.25) is 5.91 Å². The molecule has 2 aromatic heterocycles. The Morgan fingerprint density at radius 3 is 2.50 bits per heavy atom. The van der Waals surface area contributed by atoms with Crippen LogP contribution in [0.3, 0.4) is 0 Å². The molecule has 0 radical (unpaired) electrons. The molecule has 1 unspecified atom stereocenters. The molecule has 0 aliphatic heterocycles. The fourth-order valence-electron chi connectivity index (χ4n) is 4.24. The van der Waals surface area contributed by atoms with E-state index < -0.39 is 23.5 Å². The second kappa shape index (κ2) is 9.91. The quantitative estimate of drug-likeness (QED) is 0.262. The third kappa shape index (κ3) is 5.13. The van der Waals surface area contributed by atoms with E-state index in [1.165, 1.54) is 30.5 Å². The van der Waals surface area contributed by atoms with Crippen molar-refractivity contribution in [2.45, 2.75) is 18.9 Å². The maximum atomic E-state index is 13.9. The Balaban J connectivity index is 1.46. The second-order valence-electron chi connectivity index (χ2n) is 8.40. The molecule has 0 saturated carbocycles. The molecular weight excluding hydrogens is 491 g/mol. The summed E-state index contributed by atoms with van der Waals surface area (Å²) >= 11 is 6.01. The zero-order valence-corrected chi connectivity index (χ0v) is 19.5. The molecule has 0 aliphatic rings. The molecule has 1 atom stereocenters. The molecule has 36 heavy (non-hydrogen) atoms. The van der Waals surface area contributed by atoms with Crippen molar-refractivity contribution < 1.29 is 22.5 Å².